The number of rotatable bonds is 3. The molecular weight excluding hydrogens is 607 g/mol. The van der Waals surface area contributed by atoms with E-state index in [4.69, 9.17) is 4.42 Å². The second kappa shape index (κ2) is 10.4. The van der Waals surface area contributed by atoms with Crippen LogP contribution in [0.4, 0.5) is 0 Å². The van der Waals surface area contributed by atoms with Crippen molar-refractivity contribution in [1.29, 1.82) is 0 Å². The first kappa shape index (κ1) is 27.3. The van der Waals surface area contributed by atoms with Crippen molar-refractivity contribution in [2.75, 3.05) is 0 Å². The highest BCUT2D eigenvalue weighted by atomic mass is 16.3. The number of fused-ring (bicyclic) bond motifs is 10. The van der Waals surface area contributed by atoms with E-state index in [0.29, 0.717) is 0 Å². The standard InChI is InChI=1S/C48H29NO/c1-2-13-33-30(12-1)26-29-41-47-40(20-11-23-44(47)50-48(33)41)46-38-18-5-3-16-36(38)45(37-17-4-6-19-39(37)46)31-24-27-32(28-25-31)49-42-21-9-7-14-34(42)35-15-8-10-22-43(35)49/h1-29H. The monoisotopic (exact) mass is 635 g/mol. The fraction of sp³-hybridized carbons (Fsp3) is 0. The molecule has 0 bridgehead atoms. The Labute approximate surface area is 288 Å². The first-order valence-electron chi connectivity index (χ1n) is 17.2. The normalized spacial score (nSPS) is 12.0. The van der Waals surface area contributed by atoms with Crippen molar-refractivity contribution >= 4 is 76.1 Å². The molecule has 0 aliphatic rings. The van der Waals surface area contributed by atoms with Gasteiger partial charge < -0.3 is 8.98 Å². The molecule has 0 spiro atoms. The van der Waals surface area contributed by atoms with Crippen LogP contribution in [0.25, 0.3) is 104 Å². The molecule has 0 aliphatic carbocycles. The van der Waals surface area contributed by atoms with Crippen LogP contribution in [0, 0.1) is 0 Å². The summed E-state index contributed by atoms with van der Waals surface area (Å²) in [6, 6.07) is 63.7. The van der Waals surface area contributed by atoms with Gasteiger partial charge in [0, 0.05) is 32.6 Å². The lowest BCUT2D eigenvalue weighted by molar-refractivity contribution is 0.673. The van der Waals surface area contributed by atoms with Crippen LogP contribution < -0.4 is 0 Å². The first-order chi connectivity index (χ1) is 24.8. The first-order valence-corrected chi connectivity index (χ1v) is 17.2. The van der Waals surface area contributed by atoms with Crippen molar-refractivity contribution in [3.63, 3.8) is 0 Å². The number of nitrogens with zero attached hydrogens (tertiary/aromatic N) is 1. The Kier molecular flexibility index (Phi) is 5.70. The molecule has 0 unspecified atom stereocenters. The van der Waals surface area contributed by atoms with Crippen LogP contribution in [0.1, 0.15) is 0 Å². The van der Waals surface area contributed by atoms with E-state index in [0.717, 1.165) is 33.0 Å². The van der Waals surface area contributed by atoms with E-state index in [-0.39, 0.29) is 0 Å². The number of hydrogen-bond donors (Lipinski definition) is 0. The molecule has 2 nitrogen and oxygen atoms in total. The van der Waals surface area contributed by atoms with Crippen LogP contribution >= 0.6 is 0 Å². The van der Waals surface area contributed by atoms with Gasteiger partial charge in [0.1, 0.15) is 11.2 Å². The molecule has 0 radical (unpaired) electrons. The van der Waals surface area contributed by atoms with Gasteiger partial charge in [-0.3, -0.25) is 0 Å². The topological polar surface area (TPSA) is 18.1 Å². The molecule has 0 fully saturated rings. The molecule has 11 rings (SSSR count). The third kappa shape index (κ3) is 3.79. The highest BCUT2D eigenvalue weighted by Crippen LogP contribution is 2.47. The third-order valence-electron chi connectivity index (χ3n) is 10.6. The molecule has 0 N–H and O–H groups in total. The van der Waals surface area contributed by atoms with Gasteiger partial charge in [-0.1, -0.05) is 140 Å². The number of aromatic nitrogens is 1. The Balaban J connectivity index is 1.16. The van der Waals surface area contributed by atoms with E-state index in [1.54, 1.807) is 0 Å². The number of benzene rings is 9. The maximum Gasteiger partial charge on any atom is 0.143 e. The summed E-state index contributed by atoms with van der Waals surface area (Å²) in [5.41, 5.74) is 10.3. The van der Waals surface area contributed by atoms with Crippen molar-refractivity contribution in [2.45, 2.75) is 0 Å². The number of hydrogen-bond acceptors (Lipinski definition) is 1. The van der Waals surface area contributed by atoms with E-state index in [2.05, 4.69) is 180 Å². The van der Waals surface area contributed by atoms with Gasteiger partial charge in [-0.15, -0.1) is 0 Å². The van der Waals surface area contributed by atoms with Gasteiger partial charge in [-0.25, -0.2) is 0 Å². The zero-order chi connectivity index (χ0) is 32.8. The van der Waals surface area contributed by atoms with Gasteiger partial charge in [-0.05, 0) is 85.6 Å². The highest BCUT2D eigenvalue weighted by molar-refractivity contribution is 6.27. The van der Waals surface area contributed by atoms with E-state index < -0.39 is 0 Å². The molecule has 9 aromatic carbocycles. The van der Waals surface area contributed by atoms with Crippen molar-refractivity contribution in [2.24, 2.45) is 0 Å². The fourth-order valence-electron chi connectivity index (χ4n) is 8.47. The molecule has 0 aliphatic heterocycles. The maximum absolute atomic E-state index is 6.64. The van der Waals surface area contributed by atoms with Crippen molar-refractivity contribution < 1.29 is 4.42 Å². The Morgan fingerprint density at radius 2 is 0.900 bits per heavy atom. The average Bonchev–Trinajstić information content (AvgIpc) is 3.74. The summed E-state index contributed by atoms with van der Waals surface area (Å²) in [5, 5.41) is 12.1. The minimum Gasteiger partial charge on any atom is -0.455 e. The van der Waals surface area contributed by atoms with Gasteiger partial charge in [-0.2, -0.15) is 0 Å². The summed E-state index contributed by atoms with van der Waals surface area (Å²) in [6.07, 6.45) is 0. The second-order valence-electron chi connectivity index (χ2n) is 13.2. The fourth-order valence-corrected chi connectivity index (χ4v) is 8.47. The van der Waals surface area contributed by atoms with E-state index >= 15 is 0 Å². The molecule has 11 aromatic rings. The minimum absolute atomic E-state index is 0.909. The predicted octanol–water partition coefficient (Wildman–Crippen LogP) is 13.5. The molecule has 232 valence electrons. The smallest absolute Gasteiger partial charge is 0.143 e. The molecule has 0 atom stereocenters. The summed E-state index contributed by atoms with van der Waals surface area (Å²) in [6.45, 7) is 0. The molecule has 2 aromatic heterocycles. The molecule has 0 saturated carbocycles. The molecular formula is C48H29NO. The summed E-state index contributed by atoms with van der Waals surface area (Å²) in [7, 11) is 0. The summed E-state index contributed by atoms with van der Waals surface area (Å²) < 4.78 is 9.02. The predicted molar refractivity (Wildman–Crippen MR) is 211 cm³/mol. The van der Waals surface area contributed by atoms with Crippen LogP contribution in [0.15, 0.2) is 180 Å². The number of furan rings is 1. The Hall–Kier alpha value is -6.64. The van der Waals surface area contributed by atoms with E-state index in [9.17, 15) is 0 Å². The van der Waals surface area contributed by atoms with Gasteiger partial charge in [0.05, 0.1) is 11.0 Å². The quantitative estimate of drug-likeness (QED) is 0.177. The summed E-state index contributed by atoms with van der Waals surface area (Å²) in [4.78, 5) is 0. The number of para-hydroxylation sites is 2. The summed E-state index contributed by atoms with van der Waals surface area (Å²) >= 11 is 0. The lowest BCUT2D eigenvalue weighted by Crippen LogP contribution is -1.94. The van der Waals surface area contributed by atoms with Gasteiger partial charge in [0.25, 0.3) is 0 Å². The highest BCUT2D eigenvalue weighted by Gasteiger charge is 2.21. The van der Waals surface area contributed by atoms with Crippen LogP contribution in [0.5, 0.6) is 0 Å². The van der Waals surface area contributed by atoms with Crippen molar-refractivity contribution in [3.05, 3.63) is 176 Å². The van der Waals surface area contributed by atoms with Crippen LogP contribution in [0.3, 0.4) is 0 Å². The molecule has 50 heavy (non-hydrogen) atoms. The molecule has 0 saturated heterocycles. The van der Waals surface area contributed by atoms with E-state index in [1.807, 2.05) is 0 Å². The largest absolute Gasteiger partial charge is 0.455 e. The van der Waals surface area contributed by atoms with Crippen molar-refractivity contribution in [1.82, 2.24) is 4.57 Å². The molecule has 2 heterocycles. The molecule has 2 heteroatoms. The lowest BCUT2D eigenvalue weighted by atomic mass is 9.85. The zero-order valence-corrected chi connectivity index (χ0v) is 27.1. The summed E-state index contributed by atoms with van der Waals surface area (Å²) in [5.74, 6) is 0. The average molecular weight is 636 g/mol. The lowest BCUT2D eigenvalue weighted by Gasteiger charge is -2.18. The van der Waals surface area contributed by atoms with Crippen molar-refractivity contribution in [3.8, 4) is 27.9 Å². The Morgan fingerprint density at radius 3 is 1.54 bits per heavy atom. The van der Waals surface area contributed by atoms with Crippen LogP contribution in [-0.4, -0.2) is 4.57 Å². The zero-order valence-electron chi connectivity index (χ0n) is 27.1. The maximum atomic E-state index is 6.64. The van der Waals surface area contributed by atoms with Gasteiger partial charge >= 0.3 is 0 Å². The Bertz CT molecular complexity index is 3030. The molecule has 0 amide bonds. The van der Waals surface area contributed by atoms with E-state index in [1.165, 1.54) is 71.0 Å². The Morgan fingerprint density at radius 1 is 0.360 bits per heavy atom. The second-order valence-corrected chi connectivity index (χ2v) is 13.2. The third-order valence-corrected chi connectivity index (χ3v) is 10.6. The van der Waals surface area contributed by atoms with Crippen LogP contribution in [0.2, 0.25) is 0 Å². The van der Waals surface area contributed by atoms with Crippen LogP contribution in [-0.2, 0) is 0 Å². The van der Waals surface area contributed by atoms with Gasteiger partial charge in [0.2, 0.25) is 0 Å². The SMILES string of the molecule is c1ccc2c(c1)ccc1c2oc2cccc(-c3c4ccccc4c(-c4ccc(-n5c6ccccc6c6ccccc65)cc4)c4ccccc34)c21. The van der Waals surface area contributed by atoms with Gasteiger partial charge in [0.15, 0.2) is 0 Å². The minimum atomic E-state index is 0.909.